The summed E-state index contributed by atoms with van der Waals surface area (Å²) >= 11 is 6.03. The van der Waals surface area contributed by atoms with Crippen LogP contribution >= 0.6 is 11.6 Å². The van der Waals surface area contributed by atoms with Crippen LogP contribution in [0.4, 0.5) is 0 Å². The lowest BCUT2D eigenvalue weighted by atomic mass is 9.66. The highest BCUT2D eigenvalue weighted by atomic mass is 35.5. The Morgan fingerprint density at radius 2 is 1.88 bits per heavy atom. The molecule has 0 spiro atoms. The summed E-state index contributed by atoms with van der Waals surface area (Å²) in [6.45, 7) is 4.74. The molecule has 0 radical (unpaired) electrons. The standard InChI is InChI=1S/C27H33ClN2O4/c1-26(2)17-30(14-13-27(26,34)20-9-11-21(28)12-10-20)25(33)22-7-4-8-23(22)29-24(32)19-6-3-5-18(15-19)16-31/h3,5-6,9-12,15,22-23,31,34H,4,7-8,13-14,16-17H2,1-2H3,(H,29,32)/t22-,23+,27-/m0/s1. The Bertz CT molecular complexity index is 1050. The number of aliphatic hydroxyl groups excluding tert-OH is 1. The van der Waals surface area contributed by atoms with Gasteiger partial charge in [-0.25, -0.2) is 0 Å². The van der Waals surface area contributed by atoms with Crippen molar-refractivity contribution in [3.8, 4) is 0 Å². The average molecular weight is 485 g/mol. The van der Waals surface area contributed by atoms with Gasteiger partial charge in [-0.1, -0.05) is 56.1 Å². The molecule has 1 saturated heterocycles. The summed E-state index contributed by atoms with van der Waals surface area (Å²) < 4.78 is 0. The van der Waals surface area contributed by atoms with Crippen LogP contribution in [0, 0.1) is 11.3 Å². The zero-order chi connectivity index (χ0) is 24.5. The first-order valence-corrected chi connectivity index (χ1v) is 12.3. The fourth-order valence-electron chi connectivity index (χ4n) is 5.50. The van der Waals surface area contributed by atoms with Gasteiger partial charge in [-0.3, -0.25) is 9.59 Å². The van der Waals surface area contributed by atoms with E-state index < -0.39 is 11.0 Å². The summed E-state index contributed by atoms with van der Waals surface area (Å²) in [4.78, 5) is 28.2. The van der Waals surface area contributed by atoms with Crippen LogP contribution in [0.2, 0.25) is 5.02 Å². The van der Waals surface area contributed by atoms with E-state index in [0.717, 1.165) is 24.8 Å². The summed E-state index contributed by atoms with van der Waals surface area (Å²) in [5, 5.41) is 24.6. The van der Waals surface area contributed by atoms with Crippen molar-refractivity contribution in [2.24, 2.45) is 11.3 Å². The summed E-state index contributed by atoms with van der Waals surface area (Å²) in [5.74, 6) is -0.461. The smallest absolute Gasteiger partial charge is 0.251 e. The normalized spacial score (nSPS) is 26.3. The molecule has 182 valence electrons. The summed E-state index contributed by atoms with van der Waals surface area (Å²) in [5.41, 5.74) is 0.351. The van der Waals surface area contributed by atoms with Crippen molar-refractivity contribution in [2.75, 3.05) is 13.1 Å². The van der Waals surface area contributed by atoms with Gasteiger partial charge in [0.05, 0.1) is 18.1 Å². The van der Waals surface area contributed by atoms with E-state index in [1.54, 1.807) is 36.4 Å². The summed E-state index contributed by atoms with van der Waals surface area (Å²) in [6, 6.07) is 14.0. The second-order valence-corrected chi connectivity index (χ2v) is 10.7. The van der Waals surface area contributed by atoms with Crippen LogP contribution in [0.1, 0.15) is 61.0 Å². The Morgan fingerprint density at radius 3 is 2.56 bits per heavy atom. The molecule has 2 fully saturated rings. The van der Waals surface area contributed by atoms with E-state index in [1.807, 2.05) is 30.9 Å². The molecule has 1 saturated carbocycles. The molecule has 6 nitrogen and oxygen atoms in total. The molecule has 0 aromatic heterocycles. The van der Waals surface area contributed by atoms with Crippen LogP contribution in [0.3, 0.4) is 0 Å². The van der Waals surface area contributed by atoms with Gasteiger partial charge in [0, 0.05) is 35.1 Å². The van der Waals surface area contributed by atoms with Crippen LogP contribution in [-0.2, 0) is 17.0 Å². The maximum absolute atomic E-state index is 13.6. The maximum atomic E-state index is 13.6. The number of hydrogen-bond donors (Lipinski definition) is 3. The number of halogens is 1. The second-order valence-electron chi connectivity index (χ2n) is 10.2. The fourth-order valence-corrected chi connectivity index (χ4v) is 5.62. The number of carbonyl (C=O) groups excluding carboxylic acids is 2. The number of likely N-dealkylation sites (tertiary alicyclic amines) is 1. The number of aliphatic hydroxyl groups is 2. The van der Waals surface area contributed by atoms with E-state index in [-0.39, 0.29) is 30.4 Å². The van der Waals surface area contributed by atoms with Crippen molar-refractivity contribution in [3.63, 3.8) is 0 Å². The van der Waals surface area contributed by atoms with Gasteiger partial charge in [0.25, 0.3) is 5.91 Å². The third-order valence-electron chi connectivity index (χ3n) is 7.60. The average Bonchev–Trinajstić information content (AvgIpc) is 3.28. The monoisotopic (exact) mass is 484 g/mol. The molecule has 7 heteroatoms. The van der Waals surface area contributed by atoms with Gasteiger partial charge in [-0.15, -0.1) is 0 Å². The molecule has 4 rings (SSSR count). The van der Waals surface area contributed by atoms with Crippen LogP contribution in [0.25, 0.3) is 0 Å². The molecule has 1 heterocycles. The summed E-state index contributed by atoms with van der Waals surface area (Å²) in [7, 11) is 0. The topological polar surface area (TPSA) is 89.9 Å². The van der Waals surface area contributed by atoms with E-state index in [9.17, 15) is 19.8 Å². The molecule has 34 heavy (non-hydrogen) atoms. The van der Waals surface area contributed by atoms with Crippen LogP contribution in [0.5, 0.6) is 0 Å². The molecule has 2 aromatic carbocycles. The molecule has 1 aliphatic carbocycles. The van der Waals surface area contributed by atoms with Crippen LogP contribution in [0.15, 0.2) is 48.5 Å². The van der Waals surface area contributed by atoms with E-state index in [0.29, 0.717) is 35.7 Å². The van der Waals surface area contributed by atoms with Gasteiger partial charge in [0.2, 0.25) is 5.91 Å². The molecule has 0 bridgehead atoms. The van der Waals surface area contributed by atoms with Crippen molar-refractivity contribution in [1.82, 2.24) is 10.2 Å². The number of piperidine rings is 1. The largest absolute Gasteiger partial charge is 0.392 e. The van der Waals surface area contributed by atoms with Crippen molar-refractivity contribution in [3.05, 3.63) is 70.2 Å². The molecule has 3 N–H and O–H groups in total. The number of amides is 2. The first kappa shape index (κ1) is 24.7. The van der Waals surface area contributed by atoms with Crippen molar-refractivity contribution in [2.45, 2.75) is 57.8 Å². The predicted molar refractivity (Wildman–Crippen MR) is 131 cm³/mol. The number of rotatable bonds is 5. The van der Waals surface area contributed by atoms with Gasteiger partial charge in [0.1, 0.15) is 0 Å². The fraction of sp³-hybridized carbons (Fsp3) is 0.481. The highest BCUT2D eigenvalue weighted by Crippen LogP contribution is 2.46. The first-order chi connectivity index (χ1) is 16.1. The Balaban J connectivity index is 1.45. The van der Waals surface area contributed by atoms with E-state index in [4.69, 9.17) is 11.6 Å². The van der Waals surface area contributed by atoms with Gasteiger partial charge in [-0.2, -0.15) is 0 Å². The lowest BCUT2D eigenvalue weighted by molar-refractivity contribution is -0.156. The molecular formula is C27H33ClN2O4. The van der Waals surface area contributed by atoms with Gasteiger partial charge in [-0.05, 0) is 54.7 Å². The molecule has 2 amide bonds. The minimum absolute atomic E-state index is 0.0399. The molecule has 2 aromatic rings. The van der Waals surface area contributed by atoms with Crippen LogP contribution in [-0.4, -0.2) is 46.1 Å². The third-order valence-corrected chi connectivity index (χ3v) is 7.86. The number of nitrogens with zero attached hydrogens (tertiary/aromatic N) is 1. The van der Waals surface area contributed by atoms with E-state index >= 15 is 0 Å². The first-order valence-electron chi connectivity index (χ1n) is 11.9. The Labute approximate surface area is 205 Å². The minimum atomic E-state index is -1.06. The molecule has 1 aliphatic heterocycles. The van der Waals surface area contributed by atoms with Gasteiger partial charge < -0.3 is 20.4 Å². The van der Waals surface area contributed by atoms with E-state index in [1.165, 1.54) is 0 Å². The van der Waals surface area contributed by atoms with Gasteiger partial charge in [0.15, 0.2) is 0 Å². The predicted octanol–water partition coefficient (Wildman–Crippen LogP) is 3.88. The second kappa shape index (κ2) is 9.68. The maximum Gasteiger partial charge on any atom is 0.251 e. The minimum Gasteiger partial charge on any atom is -0.392 e. The lowest BCUT2D eigenvalue weighted by Gasteiger charge is -2.51. The van der Waals surface area contributed by atoms with Crippen molar-refractivity contribution in [1.29, 1.82) is 0 Å². The number of carbonyl (C=O) groups is 2. The molecule has 0 unspecified atom stereocenters. The zero-order valence-corrected chi connectivity index (χ0v) is 20.5. The van der Waals surface area contributed by atoms with Crippen molar-refractivity contribution >= 4 is 23.4 Å². The Morgan fingerprint density at radius 1 is 1.15 bits per heavy atom. The van der Waals surface area contributed by atoms with Crippen LogP contribution < -0.4 is 5.32 Å². The highest BCUT2D eigenvalue weighted by Gasteiger charge is 2.50. The highest BCUT2D eigenvalue weighted by molar-refractivity contribution is 6.30. The number of benzene rings is 2. The Hall–Kier alpha value is -2.41. The number of nitrogens with one attached hydrogen (secondary N) is 1. The lowest BCUT2D eigenvalue weighted by Crippen LogP contribution is -2.58. The molecule has 3 atom stereocenters. The summed E-state index contributed by atoms with van der Waals surface area (Å²) in [6.07, 6.45) is 2.81. The van der Waals surface area contributed by atoms with E-state index in [2.05, 4.69) is 5.32 Å². The number of hydrogen-bond acceptors (Lipinski definition) is 4. The van der Waals surface area contributed by atoms with Gasteiger partial charge >= 0.3 is 0 Å². The molecular weight excluding hydrogens is 452 g/mol. The van der Waals surface area contributed by atoms with Crippen molar-refractivity contribution < 1.29 is 19.8 Å². The third kappa shape index (κ3) is 4.72. The quantitative estimate of drug-likeness (QED) is 0.600. The SMILES string of the molecule is CC1(C)CN(C(=O)[C@H]2CCC[C@H]2NC(=O)c2cccc(CO)c2)CC[C@]1(O)c1ccc(Cl)cc1. The zero-order valence-electron chi connectivity index (χ0n) is 19.8. The Kier molecular flexibility index (Phi) is 7.04. The molecule has 2 aliphatic rings.